The summed E-state index contributed by atoms with van der Waals surface area (Å²) in [6, 6.07) is 1.43. The Bertz CT molecular complexity index is 436. The lowest BCUT2D eigenvalue weighted by Gasteiger charge is -2.35. The van der Waals surface area contributed by atoms with Gasteiger partial charge in [-0.3, -0.25) is 4.98 Å². The average Bonchev–Trinajstić information content (AvgIpc) is 3.30. The molecule has 0 aromatic carbocycles. The van der Waals surface area contributed by atoms with Crippen LogP contribution in [0.4, 0.5) is 5.82 Å². The van der Waals surface area contributed by atoms with Crippen molar-refractivity contribution in [3.05, 3.63) is 18.1 Å². The first-order chi connectivity index (χ1) is 9.72. The van der Waals surface area contributed by atoms with Gasteiger partial charge in [0.05, 0.1) is 11.9 Å². The standard InChI is InChI=1S/C15H25N5/c1-19(2)14-5-7-20(8-6-14)15-11-16-9-13(18-15)10-17-12-3-4-12/h9,11-12,14,17H,3-8,10H2,1-2H3. The van der Waals surface area contributed by atoms with E-state index in [9.17, 15) is 0 Å². The molecule has 2 aliphatic rings. The van der Waals surface area contributed by atoms with Crippen LogP contribution in [0.15, 0.2) is 12.4 Å². The number of piperidine rings is 1. The second kappa shape index (κ2) is 6.06. The van der Waals surface area contributed by atoms with Crippen LogP contribution < -0.4 is 10.2 Å². The lowest BCUT2D eigenvalue weighted by Crippen LogP contribution is -2.42. The zero-order valence-electron chi connectivity index (χ0n) is 12.5. The number of nitrogens with zero attached hydrogens (tertiary/aromatic N) is 4. The van der Waals surface area contributed by atoms with Gasteiger partial charge in [0.2, 0.25) is 0 Å². The van der Waals surface area contributed by atoms with E-state index in [1.165, 1.54) is 25.7 Å². The number of hydrogen-bond acceptors (Lipinski definition) is 5. The number of nitrogens with one attached hydrogen (secondary N) is 1. The van der Waals surface area contributed by atoms with Crippen molar-refractivity contribution in [2.75, 3.05) is 32.1 Å². The molecule has 0 atom stereocenters. The Kier molecular flexibility index (Phi) is 4.17. The van der Waals surface area contributed by atoms with Crippen LogP contribution in [0.1, 0.15) is 31.4 Å². The van der Waals surface area contributed by atoms with Crippen LogP contribution in [-0.4, -0.2) is 54.1 Å². The van der Waals surface area contributed by atoms with Gasteiger partial charge in [-0.15, -0.1) is 0 Å². The van der Waals surface area contributed by atoms with Crippen molar-refractivity contribution in [2.45, 2.75) is 44.3 Å². The van der Waals surface area contributed by atoms with Gasteiger partial charge < -0.3 is 15.1 Å². The van der Waals surface area contributed by atoms with Gasteiger partial charge in [-0.25, -0.2) is 4.98 Å². The third-order valence-electron chi connectivity index (χ3n) is 4.34. The second-order valence-electron chi connectivity index (χ2n) is 6.21. The topological polar surface area (TPSA) is 44.3 Å². The molecule has 0 unspecified atom stereocenters. The van der Waals surface area contributed by atoms with E-state index in [1.54, 1.807) is 0 Å². The highest BCUT2D eigenvalue weighted by Crippen LogP contribution is 2.21. The molecule has 1 aliphatic carbocycles. The summed E-state index contributed by atoms with van der Waals surface area (Å²) >= 11 is 0. The fraction of sp³-hybridized carbons (Fsp3) is 0.733. The zero-order valence-corrected chi connectivity index (χ0v) is 12.5. The van der Waals surface area contributed by atoms with Gasteiger partial charge in [0.15, 0.2) is 0 Å². The number of anilines is 1. The fourth-order valence-electron chi connectivity index (χ4n) is 2.78. The van der Waals surface area contributed by atoms with Crippen molar-refractivity contribution in [1.29, 1.82) is 0 Å². The van der Waals surface area contributed by atoms with Crippen molar-refractivity contribution in [2.24, 2.45) is 0 Å². The van der Waals surface area contributed by atoms with Gasteiger partial charge in [-0.1, -0.05) is 0 Å². The smallest absolute Gasteiger partial charge is 0.147 e. The Morgan fingerprint density at radius 3 is 2.60 bits per heavy atom. The highest BCUT2D eigenvalue weighted by molar-refractivity contribution is 5.37. The molecule has 1 aliphatic heterocycles. The maximum absolute atomic E-state index is 4.75. The zero-order chi connectivity index (χ0) is 13.9. The van der Waals surface area contributed by atoms with E-state index in [1.807, 2.05) is 12.4 Å². The molecule has 3 rings (SSSR count). The van der Waals surface area contributed by atoms with Crippen molar-refractivity contribution in [3.63, 3.8) is 0 Å². The molecular formula is C15H25N5. The van der Waals surface area contributed by atoms with Gasteiger partial charge in [-0.2, -0.15) is 0 Å². The summed E-state index contributed by atoms with van der Waals surface area (Å²) in [5.74, 6) is 1.04. The molecular weight excluding hydrogens is 250 g/mol. The summed E-state index contributed by atoms with van der Waals surface area (Å²) < 4.78 is 0. The van der Waals surface area contributed by atoms with Crippen molar-refractivity contribution >= 4 is 5.82 Å². The van der Waals surface area contributed by atoms with Crippen molar-refractivity contribution in [1.82, 2.24) is 20.2 Å². The molecule has 1 aromatic rings. The monoisotopic (exact) mass is 275 g/mol. The van der Waals surface area contributed by atoms with E-state index in [2.05, 4.69) is 34.2 Å². The SMILES string of the molecule is CN(C)C1CCN(c2cncc(CNC3CC3)n2)CC1. The lowest BCUT2D eigenvalue weighted by atomic mass is 10.0. The molecule has 110 valence electrons. The largest absolute Gasteiger partial charge is 0.355 e. The fourth-order valence-corrected chi connectivity index (χ4v) is 2.78. The summed E-state index contributed by atoms with van der Waals surface area (Å²) in [6.07, 6.45) is 8.82. The predicted molar refractivity (Wildman–Crippen MR) is 80.8 cm³/mol. The number of hydrogen-bond donors (Lipinski definition) is 1. The Labute approximate surface area is 121 Å². The van der Waals surface area contributed by atoms with Crippen LogP contribution in [0.2, 0.25) is 0 Å². The van der Waals surface area contributed by atoms with Gasteiger partial charge in [0.25, 0.3) is 0 Å². The first-order valence-electron chi connectivity index (χ1n) is 7.68. The highest BCUT2D eigenvalue weighted by Gasteiger charge is 2.22. The molecule has 1 N–H and O–H groups in total. The quantitative estimate of drug-likeness (QED) is 0.876. The molecule has 0 bridgehead atoms. The second-order valence-corrected chi connectivity index (χ2v) is 6.21. The molecule has 2 fully saturated rings. The van der Waals surface area contributed by atoms with E-state index in [0.717, 1.165) is 37.2 Å². The van der Waals surface area contributed by atoms with Gasteiger partial charge in [0.1, 0.15) is 5.82 Å². The van der Waals surface area contributed by atoms with Gasteiger partial charge in [0, 0.05) is 37.9 Å². The normalized spacial score (nSPS) is 20.6. The third kappa shape index (κ3) is 3.46. The van der Waals surface area contributed by atoms with Gasteiger partial charge >= 0.3 is 0 Å². The van der Waals surface area contributed by atoms with E-state index in [4.69, 9.17) is 4.98 Å². The molecule has 1 aromatic heterocycles. The molecule has 0 radical (unpaired) electrons. The Morgan fingerprint density at radius 1 is 1.20 bits per heavy atom. The summed E-state index contributed by atoms with van der Waals surface area (Å²) in [6.45, 7) is 3.01. The van der Waals surface area contributed by atoms with E-state index >= 15 is 0 Å². The lowest BCUT2D eigenvalue weighted by molar-refractivity contribution is 0.249. The minimum atomic E-state index is 0.707. The molecule has 5 nitrogen and oxygen atoms in total. The summed E-state index contributed by atoms with van der Waals surface area (Å²) in [4.78, 5) is 13.8. The van der Waals surface area contributed by atoms with Crippen LogP contribution in [-0.2, 0) is 6.54 Å². The van der Waals surface area contributed by atoms with E-state index in [-0.39, 0.29) is 0 Å². The van der Waals surface area contributed by atoms with Crippen molar-refractivity contribution in [3.8, 4) is 0 Å². The van der Waals surface area contributed by atoms with Gasteiger partial charge in [-0.05, 0) is 39.8 Å². The summed E-state index contributed by atoms with van der Waals surface area (Å²) in [5, 5.41) is 3.50. The Morgan fingerprint density at radius 2 is 1.95 bits per heavy atom. The highest BCUT2D eigenvalue weighted by atomic mass is 15.2. The van der Waals surface area contributed by atoms with Crippen LogP contribution >= 0.6 is 0 Å². The Hall–Kier alpha value is -1.20. The molecule has 2 heterocycles. The Balaban J connectivity index is 1.57. The molecule has 1 saturated heterocycles. The molecule has 1 saturated carbocycles. The number of rotatable bonds is 5. The minimum Gasteiger partial charge on any atom is -0.355 e. The van der Waals surface area contributed by atoms with E-state index < -0.39 is 0 Å². The van der Waals surface area contributed by atoms with Crippen LogP contribution in [0.5, 0.6) is 0 Å². The van der Waals surface area contributed by atoms with Crippen LogP contribution in [0.3, 0.4) is 0 Å². The summed E-state index contributed by atoms with van der Waals surface area (Å²) in [7, 11) is 4.34. The van der Waals surface area contributed by atoms with Crippen molar-refractivity contribution < 1.29 is 0 Å². The maximum Gasteiger partial charge on any atom is 0.147 e. The minimum absolute atomic E-state index is 0.707. The first-order valence-corrected chi connectivity index (χ1v) is 7.68. The molecule has 20 heavy (non-hydrogen) atoms. The van der Waals surface area contributed by atoms with Crippen LogP contribution in [0.25, 0.3) is 0 Å². The summed E-state index contributed by atoms with van der Waals surface area (Å²) in [5.41, 5.74) is 1.06. The third-order valence-corrected chi connectivity index (χ3v) is 4.34. The molecule has 0 spiro atoms. The average molecular weight is 275 g/mol. The predicted octanol–water partition coefficient (Wildman–Crippen LogP) is 1.26. The van der Waals surface area contributed by atoms with E-state index in [0.29, 0.717) is 6.04 Å². The molecule has 0 amide bonds. The number of aromatic nitrogens is 2. The molecule has 5 heteroatoms. The first kappa shape index (κ1) is 13.8. The maximum atomic E-state index is 4.75. The van der Waals surface area contributed by atoms with Crippen LogP contribution in [0, 0.1) is 0 Å².